The van der Waals surface area contributed by atoms with E-state index < -0.39 is 31.6 Å². The zero-order valence-corrected chi connectivity index (χ0v) is 25.4. The van der Waals surface area contributed by atoms with E-state index in [4.69, 9.17) is 9.47 Å². The maximum Gasteiger partial charge on any atom is 0.425 e. The monoisotopic (exact) mass is 519 g/mol. The molecule has 0 aliphatic carbocycles. The van der Waals surface area contributed by atoms with Gasteiger partial charge in [-0.1, -0.05) is 33.9 Å². The first kappa shape index (κ1) is 29.8. The highest BCUT2D eigenvalue weighted by Crippen LogP contribution is 2.50. The maximum atomic E-state index is 13.4. The van der Waals surface area contributed by atoms with Crippen LogP contribution in [0.4, 0.5) is 15.4 Å². The van der Waals surface area contributed by atoms with E-state index in [0.717, 1.165) is 10.5 Å². The molecular weight excluding hydrogens is 474 g/mol. The van der Waals surface area contributed by atoms with Gasteiger partial charge in [0.15, 0.2) is 8.24 Å². The third-order valence-corrected chi connectivity index (χ3v) is 12.6. The largest absolute Gasteiger partial charge is 0.443 e. The van der Waals surface area contributed by atoms with Crippen molar-refractivity contribution < 1.29 is 23.9 Å². The topological polar surface area (TPSA) is 89.0 Å². The first-order valence-corrected chi connectivity index (χ1v) is 15.5. The predicted octanol–water partition coefficient (Wildman–Crippen LogP) is 6.54. The van der Waals surface area contributed by atoms with E-state index >= 15 is 0 Å². The Hall–Kier alpha value is -2.42. The van der Waals surface area contributed by atoms with Gasteiger partial charge in [-0.3, -0.25) is 4.79 Å². The van der Waals surface area contributed by atoms with Gasteiger partial charge in [-0.15, -0.1) is 0 Å². The molecule has 36 heavy (non-hydrogen) atoms. The van der Waals surface area contributed by atoms with E-state index in [1.54, 1.807) is 47.6 Å². The highest BCUT2D eigenvalue weighted by Gasteiger charge is 2.61. The molecule has 3 amide bonds. The van der Waals surface area contributed by atoms with E-state index in [9.17, 15) is 14.4 Å². The van der Waals surface area contributed by atoms with Crippen LogP contribution in [0, 0.1) is 5.92 Å². The summed E-state index contributed by atoms with van der Waals surface area (Å²) in [4.78, 5) is 44.5. The van der Waals surface area contributed by atoms with Crippen molar-refractivity contribution >= 4 is 32.1 Å². The van der Waals surface area contributed by atoms with Crippen LogP contribution in [0.1, 0.15) is 81.7 Å². The number of ether oxygens (including phenoxy) is 2. The van der Waals surface area contributed by atoms with Crippen molar-refractivity contribution in [2.24, 2.45) is 5.92 Å². The fourth-order valence-electron chi connectivity index (χ4n) is 4.32. The second-order valence-electron chi connectivity index (χ2n) is 13.7. The molecule has 2 heterocycles. The van der Waals surface area contributed by atoms with E-state index in [1.807, 2.05) is 6.07 Å². The van der Waals surface area contributed by atoms with E-state index in [0.29, 0.717) is 6.42 Å². The summed E-state index contributed by atoms with van der Waals surface area (Å²) in [5.41, 5.74) is -1.13. The van der Waals surface area contributed by atoms with Crippen molar-refractivity contribution in [3.05, 3.63) is 23.9 Å². The number of pyridine rings is 1. The molecule has 2 rings (SSSR count). The average molecular weight is 520 g/mol. The van der Waals surface area contributed by atoms with Gasteiger partial charge < -0.3 is 14.0 Å². The zero-order chi connectivity index (χ0) is 28.1. The number of anilines is 1. The fourth-order valence-corrected chi connectivity index (χ4v) is 7.30. The molecule has 0 N–H and O–H groups in total. The summed E-state index contributed by atoms with van der Waals surface area (Å²) in [6, 6.07) is 3.47. The summed E-state index contributed by atoms with van der Waals surface area (Å²) in [6.07, 6.45) is 0.271. The quantitative estimate of drug-likeness (QED) is 0.331. The lowest BCUT2D eigenvalue weighted by Gasteiger charge is -2.63. The molecule has 1 aromatic rings. The molecule has 0 radical (unpaired) electrons. The summed E-state index contributed by atoms with van der Waals surface area (Å²) >= 11 is 0. The number of aromatic nitrogens is 1. The lowest BCUT2D eigenvalue weighted by Crippen LogP contribution is -2.77. The second-order valence-corrected chi connectivity index (χ2v) is 18.8. The van der Waals surface area contributed by atoms with Crippen LogP contribution in [0.2, 0.25) is 18.1 Å². The Morgan fingerprint density at radius 1 is 1.00 bits per heavy atom. The molecule has 1 unspecified atom stereocenters. The van der Waals surface area contributed by atoms with Crippen molar-refractivity contribution in [1.29, 1.82) is 0 Å². The first-order valence-electron chi connectivity index (χ1n) is 12.5. The van der Waals surface area contributed by atoms with Crippen LogP contribution in [0.3, 0.4) is 0 Å². The Bertz CT molecular complexity index is 987. The molecule has 1 aliphatic rings. The molecule has 0 saturated carbocycles. The van der Waals surface area contributed by atoms with Gasteiger partial charge in [-0.2, -0.15) is 4.90 Å². The standard InChI is InChI=1S/C27H45N3O5Si/c1-24(2,3)34-22(32)29(23(33)35-25(4,5)6)20-17-18(14-15-28-20)16-19-21(31)30(27(19,10)11)36(12,13)26(7,8)9/h14-15,17,19H,16H2,1-13H3. The number of amides is 3. The lowest BCUT2D eigenvalue weighted by atomic mass is 9.75. The number of hydrogen-bond donors (Lipinski definition) is 0. The van der Waals surface area contributed by atoms with Gasteiger partial charge in [0.05, 0.1) is 5.92 Å². The molecule has 9 heteroatoms. The van der Waals surface area contributed by atoms with Crippen LogP contribution in [-0.4, -0.2) is 52.6 Å². The number of β-lactam (4-membered cyclic amide) rings is 1. The van der Waals surface area contributed by atoms with E-state index in [1.165, 1.54) is 6.20 Å². The number of rotatable bonds is 4. The smallest absolute Gasteiger partial charge is 0.425 e. The van der Waals surface area contributed by atoms with Gasteiger partial charge in [-0.25, -0.2) is 14.6 Å². The van der Waals surface area contributed by atoms with Crippen molar-refractivity contribution in [2.45, 2.75) is 117 Å². The number of nitrogens with zero attached hydrogens (tertiary/aromatic N) is 3. The Balaban J connectivity index is 2.37. The minimum absolute atomic E-state index is 0.0378. The Labute approximate surface area is 217 Å². The fraction of sp³-hybridized carbons (Fsp3) is 0.704. The Kier molecular flexibility index (Phi) is 7.84. The molecule has 1 fully saturated rings. The van der Waals surface area contributed by atoms with Crippen LogP contribution in [0.5, 0.6) is 0 Å². The van der Waals surface area contributed by atoms with Gasteiger partial charge in [0.2, 0.25) is 5.91 Å². The Morgan fingerprint density at radius 3 is 1.86 bits per heavy atom. The molecule has 1 aliphatic heterocycles. The summed E-state index contributed by atoms with van der Waals surface area (Å²) in [5, 5.41) is 0.0378. The number of carbonyl (C=O) groups excluding carboxylic acids is 3. The number of imide groups is 1. The Morgan fingerprint density at radius 2 is 1.47 bits per heavy atom. The molecule has 0 bridgehead atoms. The van der Waals surface area contributed by atoms with Gasteiger partial charge in [-0.05, 0) is 84.5 Å². The highest BCUT2D eigenvalue weighted by atomic mass is 28.3. The molecule has 1 aromatic heterocycles. The van der Waals surface area contributed by atoms with Crippen LogP contribution in [0.15, 0.2) is 18.3 Å². The minimum atomic E-state index is -2.04. The van der Waals surface area contributed by atoms with Crippen molar-refractivity contribution in [2.75, 3.05) is 4.90 Å². The number of carbonyl (C=O) groups is 3. The van der Waals surface area contributed by atoms with Gasteiger partial charge in [0.25, 0.3) is 0 Å². The van der Waals surface area contributed by atoms with Gasteiger partial charge in [0, 0.05) is 11.7 Å². The lowest BCUT2D eigenvalue weighted by molar-refractivity contribution is -0.156. The predicted molar refractivity (Wildman–Crippen MR) is 144 cm³/mol. The van der Waals surface area contributed by atoms with Crippen molar-refractivity contribution in [3.8, 4) is 0 Å². The normalized spacial score (nSPS) is 18.4. The molecule has 0 spiro atoms. The van der Waals surface area contributed by atoms with Crippen molar-refractivity contribution in [3.63, 3.8) is 0 Å². The molecule has 8 nitrogen and oxygen atoms in total. The van der Waals surface area contributed by atoms with Crippen LogP contribution < -0.4 is 4.90 Å². The molecule has 1 atom stereocenters. The maximum absolute atomic E-state index is 13.4. The highest BCUT2D eigenvalue weighted by molar-refractivity contribution is 6.80. The summed E-state index contributed by atoms with van der Waals surface area (Å²) in [7, 11) is -2.04. The van der Waals surface area contributed by atoms with E-state index in [2.05, 4.69) is 57.3 Å². The van der Waals surface area contributed by atoms with Crippen molar-refractivity contribution in [1.82, 2.24) is 9.55 Å². The molecular formula is C27H45N3O5Si. The SMILES string of the molecule is CC(C)(C)OC(=O)N(C(=O)OC(C)(C)C)c1cc(CC2C(=O)N([Si](C)(C)C(C)(C)C)C2(C)C)ccn1. The third-order valence-electron chi connectivity index (χ3n) is 6.97. The molecule has 0 aromatic carbocycles. The molecule has 202 valence electrons. The van der Waals surface area contributed by atoms with E-state index in [-0.39, 0.29) is 28.2 Å². The zero-order valence-electron chi connectivity index (χ0n) is 24.4. The van der Waals surface area contributed by atoms with Gasteiger partial charge >= 0.3 is 12.2 Å². The summed E-state index contributed by atoms with van der Waals surface area (Å²) in [5.74, 6) is 0.0429. The summed E-state index contributed by atoms with van der Waals surface area (Å²) < 4.78 is 13.1. The summed E-state index contributed by atoms with van der Waals surface area (Å²) in [6.45, 7) is 25.7. The van der Waals surface area contributed by atoms with Crippen LogP contribution in [-0.2, 0) is 20.7 Å². The first-order chi connectivity index (χ1) is 16.0. The third kappa shape index (κ3) is 6.28. The van der Waals surface area contributed by atoms with Crippen LogP contribution >= 0.6 is 0 Å². The van der Waals surface area contributed by atoms with Crippen LogP contribution in [0.25, 0.3) is 0 Å². The second kappa shape index (κ2) is 9.47. The average Bonchev–Trinajstić information content (AvgIpc) is 2.62. The molecule has 1 saturated heterocycles. The minimum Gasteiger partial charge on any atom is -0.443 e. The van der Waals surface area contributed by atoms with Gasteiger partial charge in [0.1, 0.15) is 17.0 Å². The number of hydrogen-bond acceptors (Lipinski definition) is 6.